The largest absolute Gasteiger partial charge is 0.487 e. The molecule has 0 aromatic heterocycles. The molecule has 1 amide bonds. The van der Waals surface area contributed by atoms with Crippen LogP contribution in [0.5, 0.6) is 5.75 Å². The first-order valence-corrected chi connectivity index (χ1v) is 12.2. The number of carbonyl (C=O) groups excluding carboxylic acids is 1. The number of nitrogens with one attached hydrogen (secondary N) is 1. The van der Waals surface area contributed by atoms with Crippen molar-refractivity contribution >= 4 is 74.5 Å². The average Bonchev–Trinajstić information content (AvgIpc) is 2.75. The fourth-order valence-corrected chi connectivity index (χ4v) is 5.17. The topological polar surface area (TPSA) is 62.1 Å². The van der Waals surface area contributed by atoms with E-state index in [2.05, 4.69) is 50.5 Å². The third-order valence-electron chi connectivity index (χ3n) is 4.63. The van der Waals surface area contributed by atoms with Crippen molar-refractivity contribution in [3.05, 3.63) is 94.6 Å². The molecule has 0 saturated carbocycles. The number of nitrogens with zero attached hydrogens (tertiary/aromatic N) is 1. The van der Waals surface area contributed by atoms with Crippen LogP contribution in [-0.2, 0) is 11.4 Å². The van der Waals surface area contributed by atoms with Crippen molar-refractivity contribution in [1.82, 2.24) is 0 Å². The summed E-state index contributed by atoms with van der Waals surface area (Å²) >= 11 is 10.3. The summed E-state index contributed by atoms with van der Waals surface area (Å²) in [5.41, 5.74) is 4.47. The second-order valence-electron chi connectivity index (χ2n) is 7.17. The molecule has 0 bridgehead atoms. The van der Waals surface area contributed by atoms with Gasteiger partial charge in [-0.05, 0) is 118 Å². The van der Waals surface area contributed by atoms with Gasteiger partial charge in [-0.15, -0.1) is 0 Å². The highest BCUT2D eigenvalue weighted by atomic mass is 127. The maximum absolute atomic E-state index is 12.7. The first kappa shape index (κ1) is 24.6. The summed E-state index contributed by atoms with van der Waals surface area (Å²) < 4.78 is 7.79. The third kappa shape index (κ3) is 6.47. The molecule has 0 spiro atoms. The molecular weight excluding hydrogens is 650 g/mol. The molecule has 32 heavy (non-hydrogen) atoms. The van der Waals surface area contributed by atoms with E-state index in [0.717, 1.165) is 35.1 Å². The number of halogens is 3. The van der Waals surface area contributed by atoms with Crippen LogP contribution in [0, 0.1) is 32.3 Å². The van der Waals surface area contributed by atoms with E-state index in [1.807, 2.05) is 74.5 Å². The number of rotatable bonds is 6. The minimum Gasteiger partial charge on any atom is -0.487 e. The van der Waals surface area contributed by atoms with Crippen molar-refractivity contribution in [3.63, 3.8) is 0 Å². The second kappa shape index (κ2) is 11.2. The van der Waals surface area contributed by atoms with Gasteiger partial charge in [-0.2, -0.15) is 5.26 Å². The molecule has 0 fully saturated rings. The van der Waals surface area contributed by atoms with Gasteiger partial charge in [0.1, 0.15) is 24.0 Å². The summed E-state index contributed by atoms with van der Waals surface area (Å²) in [6.45, 7) is 4.29. The SMILES string of the molecule is Cc1ccc(C)c(NC(=O)/C(C#N)=C/c2cc(I)c(OCc3ccc(Cl)cc3)c(I)c2)c1. The Morgan fingerprint density at radius 2 is 1.75 bits per heavy atom. The van der Waals surface area contributed by atoms with Crippen LogP contribution >= 0.6 is 56.8 Å². The predicted molar refractivity (Wildman–Crippen MR) is 146 cm³/mol. The third-order valence-corrected chi connectivity index (χ3v) is 6.49. The summed E-state index contributed by atoms with van der Waals surface area (Å²) in [5.74, 6) is 0.325. The number of aryl methyl sites for hydroxylation is 2. The standard InChI is InChI=1S/C25H19ClI2N2O2/c1-15-3-4-16(2)23(9-15)30-25(31)19(13-29)10-18-11-21(27)24(22(28)12-18)32-14-17-5-7-20(26)8-6-17/h3-12H,14H2,1-2H3,(H,30,31)/b19-10+. The highest BCUT2D eigenvalue weighted by molar-refractivity contribution is 14.1. The zero-order chi connectivity index (χ0) is 23.3. The van der Waals surface area contributed by atoms with Crippen LogP contribution < -0.4 is 10.1 Å². The molecule has 3 rings (SSSR count). The quantitative estimate of drug-likeness (QED) is 0.171. The van der Waals surface area contributed by atoms with Gasteiger partial charge in [-0.1, -0.05) is 35.9 Å². The number of ether oxygens (including phenoxy) is 1. The molecule has 0 radical (unpaired) electrons. The molecule has 0 aliphatic rings. The Morgan fingerprint density at radius 3 is 2.38 bits per heavy atom. The molecule has 4 nitrogen and oxygen atoms in total. The van der Waals surface area contributed by atoms with Crippen molar-refractivity contribution < 1.29 is 9.53 Å². The van der Waals surface area contributed by atoms with E-state index in [-0.39, 0.29) is 5.57 Å². The van der Waals surface area contributed by atoms with Crippen molar-refractivity contribution in [2.45, 2.75) is 20.5 Å². The fourth-order valence-electron chi connectivity index (χ4n) is 2.91. The lowest BCUT2D eigenvalue weighted by Crippen LogP contribution is -2.14. The van der Waals surface area contributed by atoms with Crippen LogP contribution in [0.4, 0.5) is 5.69 Å². The van der Waals surface area contributed by atoms with Crippen LogP contribution in [0.3, 0.4) is 0 Å². The first-order valence-electron chi connectivity index (χ1n) is 9.63. The van der Waals surface area contributed by atoms with E-state index in [0.29, 0.717) is 17.3 Å². The Morgan fingerprint density at radius 1 is 1.09 bits per heavy atom. The highest BCUT2D eigenvalue weighted by Crippen LogP contribution is 2.31. The number of hydrogen-bond acceptors (Lipinski definition) is 3. The Bertz CT molecular complexity index is 1210. The summed E-state index contributed by atoms with van der Waals surface area (Å²) in [5, 5.41) is 13.1. The number of amides is 1. The van der Waals surface area contributed by atoms with Crippen LogP contribution in [0.1, 0.15) is 22.3 Å². The molecule has 7 heteroatoms. The van der Waals surface area contributed by atoms with Gasteiger partial charge in [-0.25, -0.2) is 0 Å². The Labute approximate surface area is 219 Å². The first-order chi connectivity index (χ1) is 15.3. The van der Waals surface area contributed by atoms with Crippen LogP contribution in [0.25, 0.3) is 6.08 Å². The zero-order valence-electron chi connectivity index (χ0n) is 17.4. The molecule has 0 aliphatic heterocycles. The summed E-state index contributed by atoms with van der Waals surface area (Å²) in [6, 6.07) is 19.1. The number of carbonyl (C=O) groups is 1. The smallest absolute Gasteiger partial charge is 0.266 e. The zero-order valence-corrected chi connectivity index (χ0v) is 22.4. The summed E-state index contributed by atoms with van der Waals surface area (Å²) in [4.78, 5) is 12.7. The molecule has 162 valence electrons. The van der Waals surface area contributed by atoms with E-state index in [1.54, 1.807) is 6.08 Å². The molecule has 0 saturated heterocycles. The molecule has 0 unspecified atom stereocenters. The normalized spacial score (nSPS) is 11.1. The summed E-state index contributed by atoms with van der Waals surface area (Å²) in [7, 11) is 0. The van der Waals surface area contributed by atoms with E-state index >= 15 is 0 Å². The molecule has 0 aliphatic carbocycles. The lowest BCUT2D eigenvalue weighted by molar-refractivity contribution is -0.112. The van der Waals surface area contributed by atoms with E-state index in [9.17, 15) is 10.1 Å². The number of benzene rings is 3. The van der Waals surface area contributed by atoms with Crippen molar-refractivity contribution in [2.75, 3.05) is 5.32 Å². The lowest BCUT2D eigenvalue weighted by atomic mass is 10.1. The highest BCUT2D eigenvalue weighted by Gasteiger charge is 2.13. The molecule has 3 aromatic rings. The van der Waals surface area contributed by atoms with Crippen LogP contribution in [-0.4, -0.2) is 5.91 Å². The molecular formula is C25H19ClI2N2O2. The monoisotopic (exact) mass is 668 g/mol. The van der Waals surface area contributed by atoms with E-state index in [1.165, 1.54) is 0 Å². The molecule has 0 atom stereocenters. The number of hydrogen-bond donors (Lipinski definition) is 1. The van der Waals surface area contributed by atoms with Gasteiger partial charge in [0.25, 0.3) is 5.91 Å². The number of anilines is 1. The van der Waals surface area contributed by atoms with Crippen LogP contribution in [0.2, 0.25) is 5.02 Å². The molecule has 3 aromatic carbocycles. The Hall–Kier alpha value is -2.09. The molecule has 1 N–H and O–H groups in total. The van der Waals surface area contributed by atoms with Gasteiger partial charge in [-0.3, -0.25) is 4.79 Å². The van der Waals surface area contributed by atoms with Crippen molar-refractivity contribution in [1.29, 1.82) is 5.26 Å². The van der Waals surface area contributed by atoms with E-state index < -0.39 is 5.91 Å². The van der Waals surface area contributed by atoms with Gasteiger partial charge in [0.15, 0.2) is 0 Å². The molecule has 0 heterocycles. The predicted octanol–water partition coefficient (Wildman–Crippen LogP) is 7.29. The maximum Gasteiger partial charge on any atom is 0.266 e. The van der Waals surface area contributed by atoms with Gasteiger partial charge in [0.05, 0.1) is 7.14 Å². The van der Waals surface area contributed by atoms with Gasteiger partial charge >= 0.3 is 0 Å². The van der Waals surface area contributed by atoms with Crippen molar-refractivity contribution in [3.8, 4) is 11.8 Å². The Balaban J connectivity index is 1.78. The number of nitriles is 1. The van der Waals surface area contributed by atoms with Crippen LogP contribution in [0.15, 0.2) is 60.2 Å². The van der Waals surface area contributed by atoms with Gasteiger partial charge in [0, 0.05) is 10.7 Å². The fraction of sp³-hybridized carbons (Fsp3) is 0.120. The van der Waals surface area contributed by atoms with Gasteiger partial charge in [0.2, 0.25) is 0 Å². The second-order valence-corrected chi connectivity index (χ2v) is 9.93. The van der Waals surface area contributed by atoms with Gasteiger partial charge < -0.3 is 10.1 Å². The summed E-state index contributed by atoms with van der Waals surface area (Å²) in [6.07, 6.45) is 1.59. The maximum atomic E-state index is 12.7. The van der Waals surface area contributed by atoms with E-state index in [4.69, 9.17) is 16.3 Å². The minimum atomic E-state index is -0.436. The lowest BCUT2D eigenvalue weighted by Gasteiger charge is -2.12. The average molecular weight is 669 g/mol. The minimum absolute atomic E-state index is 0.0346. The Kier molecular flexibility index (Phi) is 8.57. The van der Waals surface area contributed by atoms with Crippen molar-refractivity contribution in [2.24, 2.45) is 0 Å².